The number of rotatable bonds is 4. The SMILES string of the molecule is CN(C)C[C@@H]1CN(C(=O)c2ccc(Cl)s2)C[C@@H]1CO. The zero-order valence-corrected chi connectivity index (χ0v) is 12.7. The van der Waals surface area contributed by atoms with E-state index in [1.54, 1.807) is 12.1 Å². The van der Waals surface area contributed by atoms with Crippen LogP contribution in [0, 0.1) is 11.8 Å². The van der Waals surface area contributed by atoms with Crippen molar-refractivity contribution in [2.75, 3.05) is 40.3 Å². The number of carbonyl (C=O) groups excluding carboxylic acids is 1. The van der Waals surface area contributed by atoms with E-state index in [0.717, 1.165) is 6.54 Å². The molecule has 0 aliphatic carbocycles. The first-order chi connectivity index (χ1) is 9.01. The molecule has 0 unspecified atom stereocenters. The van der Waals surface area contributed by atoms with Gasteiger partial charge in [-0.2, -0.15) is 0 Å². The lowest BCUT2D eigenvalue weighted by molar-refractivity contribution is 0.0784. The second-order valence-corrected chi connectivity index (χ2v) is 6.99. The monoisotopic (exact) mass is 302 g/mol. The van der Waals surface area contributed by atoms with Gasteiger partial charge < -0.3 is 14.9 Å². The Morgan fingerprint density at radius 1 is 1.47 bits per heavy atom. The summed E-state index contributed by atoms with van der Waals surface area (Å²) in [6, 6.07) is 3.51. The lowest BCUT2D eigenvalue weighted by Crippen LogP contribution is -2.30. The van der Waals surface area contributed by atoms with Crippen molar-refractivity contribution >= 4 is 28.8 Å². The van der Waals surface area contributed by atoms with Crippen LogP contribution in [0.3, 0.4) is 0 Å². The maximum atomic E-state index is 12.3. The Balaban J connectivity index is 2.04. The summed E-state index contributed by atoms with van der Waals surface area (Å²) in [5.74, 6) is 0.526. The van der Waals surface area contributed by atoms with Gasteiger partial charge in [0, 0.05) is 32.2 Å². The van der Waals surface area contributed by atoms with Crippen LogP contribution in [0.2, 0.25) is 4.34 Å². The molecular weight excluding hydrogens is 284 g/mol. The first kappa shape index (κ1) is 14.8. The molecule has 4 nitrogen and oxygen atoms in total. The molecule has 0 bridgehead atoms. The molecule has 2 heterocycles. The van der Waals surface area contributed by atoms with E-state index in [1.165, 1.54) is 11.3 Å². The average molecular weight is 303 g/mol. The quantitative estimate of drug-likeness (QED) is 0.919. The summed E-state index contributed by atoms with van der Waals surface area (Å²) in [5, 5.41) is 9.45. The third-order valence-corrected chi connectivity index (χ3v) is 4.70. The zero-order chi connectivity index (χ0) is 14.0. The Kier molecular flexibility index (Phi) is 4.84. The molecule has 1 aliphatic rings. The fraction of sp³-hybridized carbons (Fsp3) is 0.615. The van der Waals surface area contributed by atoms with Gasteiger partial charge in [0.15, 0.2) is 0 Å². The number of halogens is 1. The van der Waals surface area contributed by atoms with Crippen LogP contribution in [-0.2, 0) is 0 Å². The fourth-order valence-corrected chi connectivity index (χ4v) is 3.58. The van der Waals surface area contributed by atoms with Crippen LogP contribution in [0.5, 0.6) is 0 Å². The Bertz CT molecular complexity index is 450. The molecule has 2 atom stereocenters. The molecule has 1 N–H and O–H groups in total. The molecule has 1 amide bonds. The van der Waals surface area contributed by atoms with E-state index < -0.39 is 0 Å². The molecule has 106 valence electrons. The molecule has 1 aromatic heterocycles. The van der Waals surface area contributed by atoms with E-state index in [9.17, 15) is 9.90 Å². The standard InChI is InChI=1S/C13H19ClN2O2S/c1-15(2)5-9-6-16(7-10(9)8-17)13(18)11-3-4-12(14)19-11/h3-4,9-10,17H,5-8H2,1-2H3/t9-,10-/m1/s1. The number of amides is 1. The molecule has 1 fully saturated rings. The van der Waals surface area contributed by atoms with Gasteiger partial charge in [-0.05, 0) is 32.1 Å². The largest absolute Gasteiger partial charge is 0.396 e. The van der Waals surface area contributed by atoms with Gasteiger partial charge in [-0.25, -0.2) is 0 Å². The first-order valence-corrected chi connectivity index (χ1v) is 7.51. The number of likely N-dealkylation sites (tertiary alicyclic amines) is 1. The zero-order valence-electron chi connectivity index (χ0n) is 11.2. The molecule has 1 aromatic rings. The predicted octanol–water partition coefficient (Wildman–Crippen LogP) is 1.64. The van der Waals surface area contributed by atoms with Gasteiger partial charge in [-0.15, -0.1) is 11.3 Å². The highest BCUT2D eigenvalue weighted by molar-refractivity contribution is 7.17. The van der Waals surface area contributed by atoms with Crippen LogP contribution in [0.4, 0.5) is 0 Å². The number of hydrogen-bond acceptors (Lipinski definition) is 4. The molecule has 1 aliphatic heterocycles. The van der Waals surface area contributed by atoms with Crippen molar-refractivity contribution in [3.05, 3.63) is 21.3 Å². The summed E-state index contributed by atoms with van der Waals surface area (Å²) in [7, 11) is 4.02. The summed E-state index contributed by atoms with van der Waals surface area (Å²) in [6.07, 6.45) is 0. The second-order valence-electron chi connectivity index (χ2n) is 5.28. The summed E-state index contributed by atoms with van der Waals surface area (Å²) < 4.78 is 0.631. The Hall–Kier alpha value is -0.620. The molecule has 6 heteroatoms. The number of aliphatic hydroxyl groups is 1. The molecule has 0 radical (unpaired) electrons. The van der Waals surface area contributed by atoms with Crippen molar-refractivity contribution in [1.82, 2.24) is 9.80 Å². The molecular formula is C13H19ClN2O2S. The molecule has 0 spiro atoms. The van der Waals surface area contributed by atoms with Crippen LogP contribution >= 0.6 is 22.9 Å². The van der Waals surface area contributed by atoms with E-state index in [4.69, 9.17) is 11.6 Å². The van der Waals surface area contributed by atoms with Gasteiger partial charge in [0.25, 0.3) is 5.91 Å². The van der Waals surface area contributed by atoms with Crippen molar-refractivity contribution < 1.29 is 9.90 Å². The Morgan fingerprint density at radius 3 is 2.68 bits per heavy atom. The molecule has 19 heavy (non-hydrogen) atoms. The normalized spacial score (nSPS) is 23.3. The van der Waals surface area contributed by atoms with Crippen molar-refractivity contribution in [3.8, 4) is 0 Å². The predicted molar refractivity (Wildman–Crippen MR) is 77.9 cm³/mol. The summed E-state index contributed by atoms with van der Waals surface area (Å²) in [6.45, 7) is 2.36. The van der Waals surface area contributed by atoms with Gasteiger partial charge in [0.1, 0.15) is 0 Å². The van der Waals surface area contributed by atoms with Crippen LogP contribution < -0.4 is 0 Å². The number of nitrogens with zero attached hydrogens (tertiary/aromatic N) is 2. The maximum Gasteiger partial charge on any atom is 0.263 e. The van der Waals surface area contributed by atoms with Crippen LogP contribution in [0.15, 0.2) is 12.1 Å². The molecule has 2 rings (SSSR count). The lowest BCUT2D eigenvalue weighted by atomic mass is 9.97. The Labute approximate surface area is 122 Å². The van der Waals surface area contributed by atoms with Crippen LogP contribution in [0.25, 0.3) is 0 Å². The smallest absolute Gasteiger partial charge is 0.263 e. The van der Waals surface area contributed by atoms with Crippen molar-refractivity contribution in [2.45, 2.75) is 0 Å². The highest BCUT2D eigenvalue weighted by atomic mass is 35.5. The minimum Gasteiger partial charge on any atom is -0.396 e. The molecule has 0 saturated carbocycles. The lowest BCUT2D eigenvalue weighted by Gasteiger charge is -2.20. The summed E-state index contributed by atoms with van der Waals surface area (Å²) in [5.41, 5.74) is 0. The fourth-order valence-electron chi connectivity index (χ4n) is 2.57. The second kappa shape index (κ2) is 6.22. The number of thiophene rings is 1. The third kappa shape index (κ3) is 3.48. The first-order valence-electron chi connectivity index (χ1n) is 6.31. The topological polar surface area (TPSA) is 43.8 Å². The van der Waals surface area contributed by atoms with Gasteiger partial charge in [-0.3, -0.25) is 4.79 Å². The maximum absolute atomic E-state index is 12.3. The van der Waals surface area contributed by atoms with E-state index in [0.29, 0.717) is 28.2 Å². The van der Waals surface area contributed by atoms with Gasteiger partial charge in [-0.1, -0.05) is 11.6 Å². The number of hydrogen-bond donors (Lipinski definition) is 1. The van der Waals surface area contributed by atoms with E-state index in [1.807, 2.05) is 19.0 Å². The highest BCUT2D eigenvalue weighted by Gasteiger charge is 2.35. The number of aliphatic hydroxyl groups excluding tert-OH is 1. The summed E-state index contributed by atoms with van der Waals surface area (Å²) >= 11 is 7.17. The van der Waals surface area contributed by atoms with Gasteiger partial charge >= 0.3 is 0 Å². The van der Waals surface area contributed by atoms with Crippen LogP contribution in [-0.4, -0.2) is 61.2 Å². The van der Waals surface area contributed by atoms with E-state index >= 15 is 0 Å². The summed E-state index contributed by atoms with van der Waals surface area (Å²) in [4.78, 5) is 16.9. The van der Waals surface area contributed by atoms with Crippen LogP contribution in [0.1, 0.15) is 9.67 Å². The highest BCUT2D eigenvalue weighted by Crippen LogP contribution is 2.28. The third-order valence-electron chi connectivity index (χ3n) is 3.48. The minimum atomic E-state index is 0.0246. The van der Waals surface area contributed by atoms with Gasteiger partial charge in [0.05, 0.1) is 9.21 Å². The number of carbonyl (C=O) groups is 1. The van der Waals surface area contributed by atoms with E-state index in [-0.39, 0.29) is 18.4 Å². The molecule has 0 aromatic carbocycles. The molecule has 1 saturated heterocycles. The Morgan fingerprint density at radius 2 is 2.16 bits per heavy atom. The van der Waals surface area contributed by atoms with Crippen molar-refractivity contribution in [3.63, 3.8) is 0 Å². The van der Waals surface area contributed by atoms with Crippen molar-refractivity contribution in [2.24, 2.45) is 11.8 Å². The van der Waals surface area contributed by atoms with Crippen molar-refractivity contribution in [1.29, 1.82) is 0 Å². The minimum absolute atomic E-state index is 0.0246. The van der Waals surface area contributed by atoms with Gasteiger partial charge in [0.2, 0.25) is 0 Å². The average Bonchev–Trinajstić information content (AvgIpc) is 2.94. The van der Waals surface area contributed by atoms with E-state index in [2.05, 4.69) is 4.90 Å².